The molecule has 3 atom stereocenters. The van der Waals surface area contributed by atoms with Gasteiger partial charge in [-0.15, -0.1) is 0 Å². The molecular formula is C9H16F3NO2S. The highest BCUT2D eigenvalue weighted by Crippen LogP contribution is 2.26. The maximum absolute atomic E-state index is 12.3. The highest BCUT2D eigenvalue weighted by molar-refractivity contribution is 7.85. The lowest BCUT2D eigenvalue weighted by atomic mass is 10.2. The van der Waals surface area contributed by atoms with Crippen LogP contribution in [0.4, 0.5) is 13.2 Å². The molecule has 0 spiro atoms. The first-order valence-electron chi connectivity index (χ1n) is 5.17. The molecule has 1 heterocycles. The third-order valence-electron chi connectivity index (χ3n) is 2.53. The Kier molecular flexibility index (Phi) is 5.20. The van der Waals surface area contributed by atoms with Crippen LogP contribution in [0, 0.1) is 5.92 Å². The lowest BCUT2D eigenvalue weighted by molar-refractivity contribution is -0.165. The molecule has 0 aromatic rings. The summed E-state index contributed by atoms with van der Waals surface area (Å²) >= 11 is 0. The minimum Gasteiger partial charge on any atom is -0.377 e. The van der Waals surface area contributed by atoms with Gasteiger partial charge in [-0.05, 0) is 12.8 Å². The van der Waals surface area contributed by atoms with E-state index in [4.69, 9.17) is 10.5 Å². The summed E-state index contributed by atoms with van der Waals surface area (Å²) in [5.41, 5.74) is 5.03. The zero-order valence-electron chi connectivity index (χ0n) is 8.83. The number of hydrogen-bond donors (Lipinski definition) is 1. The van der Waals surface area contributed by atoms with Crippen LogP contribution in [0.25, 0.3) is 0 Å². The molecule has 0 aromatic heterocycles. The Labute approximate surface area is 95.0 Å². The maximum Gasteiger partial charge on any atom is 0.393 e. The van der Waals surface area contributed by atoms with E-state index in [1.54, 1.807) is 0 Å². The molecule has 0 aromatic carbocycles. The van der Waals surface area contributed by atoms with Gasteiger partial charge in [-0.1, -0.05) is 0 Å². The molecule has 2 N–H and O–H groups in total. The van der Waals surface area contributed by atoms with Gasteiger partial charge in [0.05, 0.1) is 12.0 Å². The van der Waals surface area contributed by atoms with E-state index in [1.165, 1.54) is 0 Å². The summed E-state index contributed by atoms with van der Waals surface area (Å²) in [4.78, 5) is 0. The number of halogens is 3. The second-order valence-electron chi connectivity index (χ2n) is 3.88. The Morgan fingerprint density at radius 2 is 2.19 bits per heavy atom. The van der Waals surface area contributed by atoms with E-state index in [9.17, 15) is 17.4 Å². The van der Waals surface area contributed by atoms with Crippen molar-refractivity contribution in [2.45, 2.75) is 25.1 Å². The van der Waals surface area contributed by atoms with Gasteiger partial charge in [-0.2, -0.15) is 13.2 Å². The van der Waals surface area contributed by atoms with Crippen LogP contribution < -0.4 is 5.73 Å². The van der Waals surface area contributed by atoms with Crippen LogP contribution in [0.3, 0.4) is 0 Å². The molecule has 0 amide bonds. The van der Waals surface area contributed by atoms with E-state index in [1.807, 2.05) is 0 Å². The van der Waals surface area contributed by atoms with Crippen molar-refractivity contribution >= 4 is 10.8 Å². The second-order valence-corrected chi connectivity index (χ2v) is 5.43. The fourth-order valence-corrected chi connectivity index (χ4v) is 3.16. The molecule has 16 heavy (non-hydrogen) atoms. The van der Waals surface area contributed by atoms with Crippen LogP contribution in [-0.4, -0.2) is 41.1 Å². The molecule has 1 aliphatic rings. The monoisotopic (exact) mass is 259 g/mol. The van der Waals surface area contributed by atoms with E-state index < -0.39 is 35.2 Å². The molecule has 0 radical (unpaired) electrons. The molecule has 0 aliphatic carbocycles. The van der Waals surface area contributed by atoms with E-state index in [0.29, 0.717) is 6.61 Å². The quantitative estimate of drug-likeness (QED) is 0.803. The van der Waals surface area contributed by atoms with Gasteiger partial charge in [-0.25, -0.2) is 0 Å². The number of rotatable bonds is 5. The van der Waals surface area contributed by atoms with Crippen LogP contribution in [-0.2, 0) is 15.5 Å². The Morgan fingerprint density at radius 3 is 2.62 bits per heavy atom. The molecule has 7 heteroatoms. The highest BCUT2D eigenvalue weighted by atomic mass is 32.2. The van der Waals surface area contributed by atoms with E-state index in [2.05, 4.69) is 0 Å². The van der Waals surface area contributed by atoms with Crippen molar-refractivity contribution in [1.29, 1.82) is 0 Å². The lowest BCUT2D eigenvalue weighted by Crippen LogP contribution is -2.35. The van der Waals surface area contributed by atoms with Gasteiger partial charge in [0.2, 0.25) is 0 Å². The fourth-order valence-electron chi connectivity index (χ4n) is 1.57. The first-order valence-corrected chi connectivity index (χ1v) is 6.65. The largest absolute Gasteiger partial charge is 0.393 e. The summed E-state index contributed by atoms with van der Waals surface area (Å²) < 4.78 is 53.8. The third kappa shape index (κ3) is 4.39. The zero-order valence-corrected chi connectivity index (χ0v) is 9.65. The summed E-state index contributed by atoms with van der Waals surface area (Å²) in [5.74, 6) is -1.90. The van der Waals surface area contributed by atoms with Crippen molar-refractivity contribution in [3.63, 3.8) is 0 Å². The number of ether oxygens (including phenoxy) is 1. The topological polar surface area (TPSA) is 52.3 Å². The van der Waals surface area contributed by atoms with Crippen molar-refractivity contribution < 1.29 is 22.1 Å². The van der Waals surface area contributed by atoms with Gasteiger partial charge in [0.25, 0.3) is 0 Å². The number of hydrogen-bond acceptors (Lipinski definition) is 3. The molecule has 1 saturated heterocycles. The predicted molar refractivity (Wildman–Crippen MR) is 55.4 cm³/mol. The Morgan fingerprint density at radius 1 is 1.50 bits per heavy atom. The van der Waals surface area contributed by atoms with Crippen LogP contribution in [0.1, 0.15) is 12.8 Å². The first kappa shape index (κ1) is 13.9. The van der Waals surface area contributed by atoms with Gasteiger partial charge in [0.1, 0.15) is 0 Å². The minimum atomic E-state index is -4.36. The Hall–Kier alpha value is -0.140. The summed E-state index contributed by atoms with van der Waals surface area (Å²) in [6, 6.07) is 0. The van der Waals surface area contributed by atoms with Crippen molar-refractivity contribution in [2.24, 2.45) is 11.7 Å². The number of nitrogens with two attached hydrogens (primary N) is 1. The summed E-state index contributed by atoms with van der Waals surface area (Å²) in [6.45, 7) is 0.0994. The first-order chi connectivity index (χ1) is 7.43. The van der Waals surface area contributed by atoms with E-state index >= 15 is 0 Å². The molecule has 96 valence electrons. The van der Waals surface area contributed by atoms with Crippen LogP contribution >= 0.6 is 0 Å². The normalized spacial score (nSPS) is 25.6. The average molecular weight is 259 g/mol. The average Bonchev–Trinajstić information content (AvgIpc) is 2.64. The van der Waals surface area contributed by atoms with Crippen molar-refractivity contribution in [3.8, 4) is 0 Å². The van der Waals surface area contributed by atoms with Crippen molar-refractivity contribution in [2.75, 3.05) is 24.7 Å². The molecule has 1 fully saturated rings. The van der Waals surface area contributed by atoms with Gasteiger partial charge in [0.15, 0.2) is 0 Å². The predicted octanol–water partition coefficient (Wildman–Crippen LogP) is 1.05. The molecule has 0 bridgehead atoms. The molecule has 0 saturated carbocycles. The van der Waals surface area contributed by atoms with Gasteiger partial charge in [-0.3, -0.25) is 4.21 Å². The molecular weight excluding hydrogens is 243 g/mol. The minimum absolute atomic E-state index is 0.146. The molecule has 1 rings (SSSR count). The summed E-state index contributed by atoms with van der Waals surface area (Å²) in [5, 5.41) is 0. The Bertz CT molecular complexity index is 241. The maximum atomic E-state index is 12.3. The fraction of sp³-hybridized carbons (Fsp3) is 1.00. The van der Waals surface area contributed by atoms with Crippen LogP contribution in [0.2, 0.25) is 0 Å². The zero-order chi connectivity index (χ0) is 12.2. The van der Waals surface area contributed by atoms with E-state index in [-0.39, 0.29) is 11.9 Å². The Balaban J connectivity index is 2.36. The lowest BCUT2D eigenvalue weighted by Gasteiger charge is -2.18. The van der Waals surface area contributed by atoms with Crippen LogP contribution in [0.15, 0.2) is 0 Å². The number of alkyl halides is 3. The second kappa shape index (κ2) is 5.97. The van der Waals surface area contributed by atoms with Crippen LogP contribution in [0.5, 0.6) is 0 Å². The van der Waals surface area contributed by atoms with Gasteiger partial charge < -0.3 is 10.5 Å². The highest BCUT2D eigenvalue weighted by Gasteiger charge is 2.39. The van der Waals surface area contributed by atoms with Crippen molar-refractivity contribution in [3.05, 3.63) is 0 Å². The molecule has 1 aliphatic heterocycles. The SMILES string of the molecule is NCC(CS(=O)CC1CCCO1)C(F)(F)F. The standard InChI is InChI=1S/C9H16F3NO2S/c10-9(11,12)7(4-13)5-16(14)6-8-2-1-3-15-8/h7-8H,1-6,13H2. The molecule has 3 unspecified atom stereocenters. The van der Waals surface area contributed by atoms with Crippen molar-refractivity contribution in [1.82, 2.24) is 0 Å². The molecule has 3 nitrogen and oxygen atoms in total. The van der Waals surface area contributed by atoms with Gasteiger partial charge in [0, 0.05) is 35.5 Å². The van der Waals surface area contributed by atoms with Gasteiger partial charge >= 0.3 is 6.18 Å². The summed E-state index contributed by atoms with van der Waals surface area (Å²) in [7, 11) is -1.51. The smallest absolute Gasteiger partial charge is 0.377 e. The summed E-state index contributed by atoms with van der Waals surface area (Å²) in [6.07, 6.45) is -2.83. The third-order valence-corrected chi connectivity index (χ3v) is 4.05. The van der Waals surface area contributed by atoms with E-state index in [0.717, 1.165) is 12.8 Å².